The van der Waals surface area contributed by atoms with Crippen LogP contribution in [-0.4, -0.2) is 80.7 Å². The van der Waals surface area contributed by atoms with Crippen molar-refractivity contribution in [2.75, 3.05) is 34.3 Å². The zero-order valence-electron chi connectivity index (χ0n) is 27.1. The van der Waals surface area contributed by atoms with Crippen LogP contribution in [0.2, 0.25) is 6.82 Å². The Morgan fingerprint density at radius 1 is 0.617 bits per heavy atom. The Kier molecular flexibility index (Phi) is 10.7. The third-order valence-corrected chi connectivity index (χ3v) is 7.09. The number of aryl methyl sites for hydroxylation is 4. The van der Waals surface area contributed by atoms with Crippen molar-refractivity contribution in [3.63, 3.8) is 0 Å². The number of carbonyl (C=O) groups excluding carboxylic acids is 5. The Hall–Kier alpha value is -5.64. The van der Waals surface area contributed by atoms with Crippen molar-refractivity contribution in [1.29, 1.82) is 0 Å². The van der Waals surface area contributed by atoms with Crippen molar-refractivity contribution in [2.24, 2.45) is 28.2 Å². The topological polar surface area (TPSA) is 197 Å². The summed E-state index contributed by atoms with van der Waals surface area (Å²) in [6.45, 7) is 2.16. The third kappa shape index (κ3) is 8.76. The fourth-order valence-electron chi connectivity index (χ4n) is 4.95. The lowest BCUT2D eigenvalue weighted by molar-refractivity contribution is 0.0940. The van der Waals surface area contributed by atoms with Gasteiger partial charge in [-0.2, -0.15) is 0 Å². The van der Waals surface area contributed by atoms with E-state index in [0.29, 0.717) is 58.5 Å². The molecule has 0 atom stereocenters. The smallest absolute Gasteiger partial charge is 0.406 e. The van der Waals surface area contributed by atoms with Gasteiger partial charge in [0.25, 0.3) is 23.6 Å². The molecule has 47 heavy (non-hydrogen) atoms. The zero-order valence-corrected chi connectivity index (χ0v) is 27.1. The minimum absolute atomic E-state index is 0.247. The first-order chi connectivity index (χ1) is 22.2. The summed E-state index contributed by atoms with van der Waals surface area (Å²) in [4.78, 5) is 62.5. The molecule has 0 unspecified atom stereocenters. The molecule has 18 heteroatoms. The van der Waals surface area contributed by atoms with E-state index in [9.17, 15) is 29.0 Å². The number of amides is 5. The maximum Gasteiger partial charge on any atom is 0.406 e. The number of anilines is 4. The quantitative estimate of drug-likeness (QED) is 0.0825. The normalized spacial score (nSPS) is 10.7. The maximum absolute atomic E-state index is 12.8. The van der Waals surface area contributed by atoms with Gasteiger partial charge >= 0.3 is 7.05 Å². The molecule has 0 saturated heterocycles. The average Bonchev–Trinajstić information content (AvgIpc) is 3.73. The summed E-state index contributed by atoms with van der Waals surface area (Å²) < 4.78 is 6.41. The first kappa shape index (κ1) is 34.2. The van der Waals surface area contributed by atoms with Gasteiger partial charge in [0.2, 0.25) is 7.85 Å². The van der Waals surface area contributed by atoms with E-state index in [2.05, 4.69) is 31.8 Å². The van der Waals surface area contributed by atoms with Crippen molar-refractivity contribution < 1.29 is 29.0 Å². The standard InChI is InChI=1S/C29H38B2N10O6/c1-31(47)37-20-12-24(41(5)16-20)28(45)35-18-10-22(39(3)14-18)26(43)33-8-6-7-32-25(42)21-9-17(13-38(21)2)34-27(44)23-11-19(15-40(23)4)36-29(30)46/h9-16,37,47H,6-8,30H2,1-5H3,(H,32,42)(H,33,43)(H,34,44)(H,35,45)(H,36,46). The predicted octanol–water partition coefficient (Wildman–Crippen LogP) is 0.782. The minimum Gasteiger partial charge on any atom is -0.433 e. The van der Waals surface area contributed by atoms with Crippen LogP contribution in [0, 0.1) is 0 Å². The molecule has 0 radical (unpaired) electrons. The number of carbonyl (C=O) groups is 5. The first-order valence-electron chi connectivity index (χ1n) is 14.8. The second-order valence-corrected chi connectivity index (χ2v) is 11.2. The van der Waals surface area contributed by atoms with Crippen LogP contribution in [0.5, 0.6) is 0 Å². The molecule has 0 bridgehead atoms. The van der Waals surface area contributed by atoms with Gasteiger partial charge in [-0.3, -0.25) is 24.0 Å². The van der Waals surface area contributed by atoms with Gasteiger partial charge in [-0.25, -0.2) is 0 Å². The van der Waals surface area contributed by atoms with Crippen LogP contribution in [0.4, 0.5) is 27.5 Å². The van der Waals surface area contributed by atoms with Crippen LogP contribution in [-0.2, 0) is 28.2 Å². The van der Waals surface area contributed by atoms with E-state index in [0.717, 1.165) is 0 Å². The molecule has 4 aromatic heterocycles. The van der Waals surface area contributed by atoms with Gasteiger partial charge < -0.3 is 55.1 Å². The number of rotatable bonds is 13. The highest BCUT2D eigenvalue weighted by Gasteiger charge is 2.19. The molecule has 4 rings (SSSR count). The maximum atomic E-state index is 12.8. The van der Waals surface area contributed by atoms with Crippen LogP contribution >= 0.6 is 0 Å². The predicted molar refractivity (Wildman–Crippen MR) is 182 cm³/mol. The molecular formula is C29H38B2N10O6. The van der Waals surface area contributed by atoms with Crippen LogP contribution in [0.1, 0.15) is 48.4 Å². The highest BCUT2D eigenvalue weighted by Crippen LogP contribution is 2.19. The highest BCUT2D eigenvalue weighted by atomic mass is 16.2. The van der Waals surface area contributed by atoms with Gasteiger partial charge in [-0.1, -0.05) is 0 Å². The van der Waals surface area contributed by atoms with Gasteiger partial charge in [-0.05, 0) is 37.5 Å². The third-order valence-electron chi connectivity index (χ3n) is 7.09. The zero-order chi connectivity index (χ0) is 34.4. The Bertz CT molecular complexity index is 1820. The molecule has 0 aromatic carbocycles. The fraction of sp³-hybridized carbons (Fsp3) is 0.276. The van der Waals surface area contributed by atoms with E-state index in [1.54, 1.807) is 102 Å². The summed E-state index contributed by atoms with van der Waals surface area (Å²) in [5, 5.41) is 26.1. The molecule has 5 amide bonds. The lowest BCUT2D eigenvalue weighted by Gasteiger charge is -2.08. The molecule has 4 heterocycles. The molecule has 4 aromatic rings. The van der Waals surface area contributed by atoms with Crippen molar-refractivity contribution in [1.82, 2.24) is 28.9 Å². The Morgan fingerprint density at radius 2 is 0.957 bits per heavy atom. The Morgan fingerprint density at radius 3 is 1.34 bits per heavy atom. The lowest BCUT2D eigenvalue weighted by atomic mass is 9.89. The summed E-state index contributed by atoms with van der Waals surface area (Å²) in [6.07, 6.45) is 7.02. The summed E-state index contributed by atoms with van der Waals surface area (Å²) in [7, 11) is 7.39. The van der Waals surface area contributed by atoms with Gasteiger partial charge in [0.15, 0.2) is 5.81 Å². The summed E-state index contributed by atoms with van der Waals surface area (Å²) >= 11 is 0. The van der Waals surface area contributed by atoms with Crippen molar-refractivity contribution in [3.05, 3.63) is 71.8 Å². The van der Waals surface area contributed by atoms with Crippen molar-refractivity contribution in [2.45, 2.75) is 13.2 Å². The van der Waals surface area contributed by atoms with Crippen LogP contribution in [0.25, 0.3) is 0 Å². The van der Waals surface area contributed by atoms with Crippen LogP contribution in [0.15, 0.2) is 49.1 Å². The molecule has 0 aliphatic rings. The number of hydrogen-bond donors (Lipinski definition) is 7. The van der Waals surface area contributed by atoms with Crippen molar-refractivity contribution in [3.8, 4) is 0 Å². The number of aromatic nitrogens is 4. The van der Waals surface area contributed by atoms with E-state index in [-0.39, 0.29) is 30.1 Å². The summed E-state index contributed by atoms with van der Waals surface area (Å²) in [5.74, 6) is -1.71. The summed E-state index contributed by atoms with van der Waals surface area (Å²) in [6, 6.07) is 6.30. The van der Waals surface area contributed by atoms with Crippen LogP contribution in [0.3, 0.4) is 0 Å². The van der Waals surface area contributed by atoms with E-state index in [1.165, 1.54) is 7.85 Å². The minimum atomic E-state index is -0.771. The average molecular weight is 644 g/mol. The highest BCUT2D eigenvalue weighted by molar-refractivity contribution is 6.60. The van der Waals surface area contributed by atoms with E-state index >= 15 is 0 Å². The SMILES string of the molecule is BC(=O)Nc1cc(C(=O)Nc2cc(C(=O)NCCCNC(=O)c3cc(NC(=O)c4cc(NB(C)O)cn4C)cn3C)n(C)c2)n(C)c1. The molecule has 0 fully saturated rings. The number of hydrogen-bond acceptors (Lipinski definition) is 7. The van der Waals surface area contributed by atoms with E-state index in [4.69, 9.17) is 0 Å². The monoisotopic (exact) mass is 644 g/mol. The molecule has 246 valence electrons. The van der Waals surface area contributed by atoms with E-state index < -0.39 is 13.0 Å². The van der Waals surface area contributed by atoms with Crippen LogP contribution < -0.4 is 31.8 Å². The fourth-order valence-corrected chi connectivity index (χ4v) is 4.95. The molecule has 0 aliphatic heterocycles. The second kappa shape index (κ2) is 14.6. The molecule has 7 N–H and O–H groups in total. The number of nitrogens with one attached hydrogen (secondary N) is 6. The Balaban J connectivity index is 1.23. The molecule has 0 aliphatic carbocycles. The van der Waals surface area contributed by atoms with Gasteiger partial charge in [0, 0.05) is 71.8 Å². The lowest BCUT2D eigenvalue weighted by Crippen LogP contribution is -2.31. The first-order valence-corrected chi connectivity index (χ1v) is 14.8. The largest absolute Gasteiger partial charge is 0.433 e. The van der Waals surface area contributed by atoms with Gasteiger partial charge in [0.05, 0.1) is 17.1 Å². The van der Waals surface area contributed by atoms with Crippen molar-refractivity contribution >= 4 is 67.1 Å². The molecule has 0 saturated carbocycles. The molecular weight excluding hydrogens is 606 g/mol. The molecule has 16 nitrogen and oxygen atoms in total. The number of nitrogens with zero attached hydrogens (tertiary/aromatic N) is 4. The van der Waals surface area contributed by atoms with E-state index in [1.807, 2.05) is 0 Å². The van der Waals surface area contributed by atoms with Gasteiger partial charge in [-0.15, -0.1) is 0 Å². The van der Waals surface area contributed by atoms with Gasteiger partial charge in [0.1, 0.15) is 22.8 Å². The summed E-state index contributed by atoms with van der Waals surface area (Å²) in [5.41, 5.74) is 3.33. The second-order valence-electron chi connectivity index (χ2n) is 11.2. The Labute approximate surface area is 272 Å². The molecule has 0 spiro atoms.